The fraction of sp³-hybridized carbons (Fsp3) is 0.250. The van der Waals surface area contributed by atoms with E-state index in [4.69, 9.17) is 27.7 Å². The normalized spacial score (nSPS) is 14.2. The molecule has 0 unspecified atom stereocenters. The Labute approximate surface area is 221 Å². The quantitative estimate of drug-likeness (QED) is 0.190. The third-order valence-corrected chi connectivity index (χ3v) is 5.43. The van der Waals surface area contributed by atoms with E-state index in [0.717, 1.165) is 0 Å². The molecule has 39 heavy (non-hydrogen) atoms. The highest BCUT2D eigenvalue weighted by molar-refractivity contribution is 6.66. The largest absolute Gasteiger partial charge is 0.615 e. The van der Waals surface area contributed by atoms with Crippen LogP contribution in [0.4, 0.5) is 26.3 Å². The number of alkyl halides is 6. The van der Waals surface area contributed by atoms with Crippen LogP contribution in [0.25, 0.3) is 0 Å². The van der Waals surface area contributed by atoms with Crippen molar-refractivity contribution in [3.8, 4) is 0 Å². The second-order valence-electron chi connectivity index (χ2n) is 8.34. The molecule has 6 nitrogen and oxygen atoms in total. The minimum Gasteiger partial charge on any atom is -0.400 e. The highest BCUT2D eigenvalue weighted by atomic mass is 19.3. The van der Waals surface area contributed by atoms with Crippen molar-refractivity contribution < 1.29 is 54.0 Å². The monoisotopic (exact) mass is 552 g/mol. The van der Waals surface area contributed by atoms with E-state index in [9.17, 15) is 26.3 Å². The van der Waals surface area contributed by atoms with Gasteiger partial charge in [-0.05, 0) is 34.9 Å². The molecular weight excluding hydrogens is 531 g/mol. The Balaban J connectivity index is 1.40. The number of benzene rings is 3. The molecule has 0 amide bonds. The van der Waals surface area contributed by atoms with Gasteiger partial charge < -0.3 is 27.7 Å². The van der Waals surface area contributed by atoms with Crippen LogP contribution in [0, 0.1) is 0 Å². The van der Waals surface area contributed by atoms with Gasteiger partial charge in [0.05, 0.1) is 19.8 Å². The van der Waals surface area contributed by atoms with E-state index in [1.807, 2.05) is 0 Å². The van der Waals surface area contributed by atoms with Crippen molar-refractivity contribution in [2.75, 3.05) is 0 Å². The second-order valence-corrected chi connectivity index (χ2v) is 8.34. The van der Waals surface area contributed by atoms with Gasteiger partial charge in [-0.2, -0.15) is 0 Å². The molecule has 1 aliphatic rings. The van der Waals surface area contributed by atoms with Gasteiger partial charge in [-0.25, -0.2) is 26.3 Å². The molecule has 204 valence electrons. The molecule has 0 atom stereocenters. The molecule has 1 fully saturated rings. The zero-order chi connectivity index (χ0) is 27.8. The maximum Gasteiger partial charge on any atom is 0.615 e. The molecule has 0 aromatic heterocycles. The fourth-order valence-electron chi connectivity index (χ4n) is 3.55. The highest BCUT2D eigenvalue weighted by Gasteiger charge is 2.46. The van der Waals surface area contributed by atoms with Gasteiger partial charge >= 0.3 is 22.0 Å². The fourth-order valence-corrected chi connectivity index (χ4v) is 3.55. The maximum absolute atomic E-state index is 13.0. The molecule has 1 aliphatic heterocycles. The van der Waals surface area contributed by atoms with Crippen LogP contribution >= 0.6 is 0 Å². The third kappa shape index (κ3) is 8.85. The van der Waals surface area contributed by atoms with Crippen molar-refractivity contribution in [3.63, 3.8) is 0 Å². The molecule has 3 aromatic carbocycles. The summed E-state index contributed by atoms with van der Waals surface area (Å²) in [7, 11) is -4.32. The summed E-state index contributed by atoms with van der Waals surface area (Å²) in [4.78, 5) is 0. The molecule has 0 radical (unpaired) electrons. The van der Waals surface area contributed by atoms with E-state index in [1.54, 1.807) is 18.2 Å². The summed E-state index contributed by atoms with van der Waals surface area (Å²) in [5, 5.41) is 0. The predicted molar refractivity (Wildman–Crippen MR) is 129 cm³/mol. The Morgan fingerprint density at radius 3 is 1.03 bits per heavy atom. The minimum absolute atomic E-state index is 0.183. The van der Waals surface area contributed by atoms with Crippen LogP contribution in [-0.4, -0.2) is 22.0 Å². The van der Waals surface area contributed by atoms with Crippen molar-refractivity contribution in [2.24, 2.45) is 0 Å². The van der Waals surface area contributed by atoms with Crippen LogP contribution < -0.4 is 0 Å². The maximum atomic E-state index is 13.0. The average Bonchev–Trinajstić information content (AvgIpc) is 2.94. The van der Waals surface area contributed by atoms with Crippen molar-refractivity contribution in [3.05, 3.63) is 106 Å². The van der Waals surface area contributed by atoms with Crippen LogP contribution in [0.3, 0.4) is 0 Å². The van der Waals surface area contributed by atoms with Gasteiger partial charge in [0, 0.05) is 16.7 Å². The summed E-state index contributed by atoms with van der Waals surface area (Å²) in [5.41, 5.74) is 0.662. The Kier molecular flexibility index (Phi) is 10.5. The van der Waals surface area contributed by atoms with Crippen molar-refractivity contribution >= 4 is 22.0 Å². The van der Waals surface area contributed by atoms with E-state index in [2.05, 4.69) is 0 Å². The zero-order valence-electron chi connectivity index (χ0n) is 20.2. The number of halogens is 6. The first kappa shape index (κ1) is 29.2. The summed E-state index contributed by atoms with van der Waals surface area (Å²) in [5.74, 6) is 0. The lowest BCUT2D eigenvalue weighted by molar-refractivity contribution is 0.0583. The van der Waals surface area contributed by atoms with Gasteiger partial charge in [-0.3, -0.25) is 0 Å². The SMILES string of the molecule is FC(F)c1cccc(COB2OB(OCc3cccc(C(F)F)c3)OB(OCc3cccc(C(F)F)c3)O2)c1. The number of hydrogen-bond donors (Lipinski definition) is 0. The van der Waals surface area contributed by atoms with Gasteiger partial charge in [-0.1, -0.05) is 54.6 Å². The predicted octanol–water partition coefficient (Wildman–Crippen LogP) is 6.47. The molecular formula is C24H21B3F6O6. The summed E-state index contributed by atoms with van der Waals surface area (Å²) < 4.78 is 111. The van der Waals surface area contributed by atoms with E-state index in [0.29, 0.717) is 16.7 Å². The molecule has 3 aromatic rings. The minimum atomic E-state index is -2.66. The Hall–Kier alpha value is -2.81. The summed E-state index contributed by atoms with van der Waals surface area (Å²) in [6.45, 7) is -0.549. The molecule has 0 bridgehead atoms. The molecule has 4 rings (SSSR count). The summed E-state index contributed by atoms with van der Waals surface area (Å²) >= 11 is 0. The molecule has 0 saturated carbocycles. The molecule has 0 spiro atoms. The molecule has 0 N–H and O–H groups in total. The Bertz CT molecular complexity index is 1060. The van der Waals surface area contributed by atoms with E-state index < -0.39 is 41.2 Å². The van der Waals surface area contributed by atoms with Crippen molar-refractivity contribution in [1.82, 2.24) is 0 Å². The van der Waals surface area contributed by atoms with E-state index >= 15 is 0 Å². The van der Waals surface area contributed by atoms with Gasteiger partial charge in [0.2, 0.25) is 0 Å². The first-order valence-corrected chi connectivity index (χ1v) is 11.7. The van der Waals surface area contributed by atoms with Gasteiger partial charge in [-0.15, -0.1) is 0 Å². The summed E-state index contributed by atoms with van der Waals surface area (Å²) in [6.07, 6.45) is -7.99. The standard InChI is InChI=1S/C24H21B3F6O6/c28-22(29)19-7-1-4-16(10-19)13-34-25-37-26(35-14-17-5-2-8-20(11-17)23(30)31)39-27(38-25)36-15-18-6-3-9-21(12-18)24(32)33/h1-12,22-24H,13-15H2. The average molecular weight is 552 g/mol. The van der Waals surface area contributed by atoms with Crippen LogP contribution in [0.2, 0.25) is 0 Å². The van der Waals surface area contributed by atoms with E-state index in [-0.39, 0.29) is 36.5 Å². The smallest absolute Gasteiger partial charge is 0.400 e. The van der Waals surface area contributed by atoms with Crippen LogP contribution in [-0.2, 0) is 47.5 Å². The number of rotatable bonds is 12. The zero-order valence-corrected chi connectivity index (χ0v) is 20.2. The lowest BCUT2D eigenvalue weighted by Gasteiger charge is -2.28. The summed E-state index contributed by atoms with van der Waals surface area (Å²) in [6, 6.07) is 16.7. The topological polar surface area (TPSA) is 55.4 Å². The lowest BCUT2D eigenvalue weighted by atomic mass is 9.96. The van der Waals surface area contributed by atoms with Gasteiger partial charge in [0.1, 0.15) is 0 Å². The van der Waals surface area contributed by atoms with Crippen molar-refractivity contribution in [1.29, 1.82) is 0 Å². The first-order chi connectivity index (χ1) is 18.8. The Morgan fingerprint density at radius 2 is 0.769 bits per heavy atom. The molecule has 15 heteroatoms. The van der Waals surface area contributed by atoms with E-state index in [1.165, 1.54) is 54.6 Å². The molecule has 1 saturated heterocycles. The Morgan fingerprint density at radius 1 is 0.487 bits per heavy atom. The van der Waals surface area contributed by atoms with Crippen LogP contribution in [0.1, 0.15) is 52.7 Å². The highest BCUT2D eigenvalue weighted by Crippen LogP contribution is 2.23. The number of hydrogen-bond acceptors (Lipinski definition) is 6. The van der Waals surface area contributed by atoms with Crippen LogP contribution in [0.5, 0.6) is 0 Å². The lowest BCUT2D eigenvalue weighted by Crippen LogP contribution is -2.52. The second kappa shape index (κ2) is 14.0. The van der Waals surface area contributed by atoms with Crippen molar-refractivity contribution in [2.45, 2.75) is 39.1 Å². The first-order valence-electron chi connectivity index (χ1n) is 11.7. The molecule has 0 aliphatic carbocycles. The van der Waals surface area contributed by atoms with Gasteiger partial charge in [0.25, 0.3) is 19.3 Å². The van der Waals surface area contributed by atoms with Gasteiger partial charge in [0.15, 0.2) is 0 Å². The molecule has 1 heterocycles. The third-order valence-electron chi connectivity index (χ3n) is 5.43. The van der Waals surface area contributed by atoms with Crippen LogP contribution in [0.15, 0.2) is 72.8 Å².